The van der Waals surface area contributed by atoms with E-state index in [2.05, 4.69) is 20.9 Å². The molecule has 0 radical (unpaired) electrons. The third-order valence-electron chi connectivity index (χ3n) is 6.28. The highest BCUT2D eigenvalue weighted by molar-refractivity contribution is 8.00. The van der Waals surface area contributed by atoms with Crippen LogP contribution in [-0.2, 0) is 9.59 Å². The van der Waals surface area contributed by atoms with Gasteiger partial charge in [-0.25, -0.2) is 4.98 Å². The highest BCUT2D eigenvalue weighted by Gasteiger charge is 2.19. The van der Waals surface area contributed by atoms with Crippen molar-refractivity contribution in [3.05, 3.63) is 130 Å². The fourth-order valence-corrected chi connectivity index (χ4v) is 5.82. The number of para-hydroxylation sites is 2. The van der Waals surface area contributed by atoms with Gasteiger partial charge in [0.2, 0.25) is 5.91 Å². The van der Waals surface area contributed by atoms with E-state index < -0.39 is 22.0 Å². The number of nitro benzene ring substituents is 1. The minimum Gasteiger partial charge on any atom is -0.321 e. The molecule has 5 rings (SSSR count). The molecule has 0 spiro atoms. The molecule has 0 aliphatic carbocycles. The standard InChI is InChI=1S/C32H25N5O5S2/c1-20(29(38)36-32-35-25-12-6-8-14-28(25)44-32)43-24-17-15-23(16-18-24)33-31(40)26(34-30(39)21-9-3-2-4-10-21)19-22-11-5-7-13-27(22)37(41)42/h2-20H,1H3,(H,33,40)(H,34,39)(H,35,36,38)/b26-19-. The molecule has 1 atom stereocenters. The number of benzene rings is 4. The number of rotatable bonds is 10. The Morgan fingerprint density at radius 3 is 2.30 bits per heavy atom. The van der Waals surface area contributed by atoms with Gasteiger partial charge in [-0.15, -0.1) is 11.8 Å². The van der Waals surface area contributed by atoms with Gasteiger partial charge in [-0.1, -0.05) is 53.8 Å². The Kier molecular flexibility index (Phi) is 9.43. The first kappa shape index (κ1) is 30.1. The topological polar surface area (TPSA) is 143 Å². The number of thioether (sulfide) groups is 1. The molecule has 0 aliphatic heterocycles. The van der Waals surface area contributed by atoms with Crippen LogP contribution < -0.4 is 16.0 Å². The van der Waals surface area contributed by atoms with Gasteiger partial charge in [0.1, 0.15) is 5.70 Å². The fraction of sp³-hybridized carbons (Fsp3) is 0.0625. The van der Waals surface area contributed by atoms with E-state index in [-0.39, 0.29) is 22.9 Å². The predicted molar refractivity (Wildman–Crippen MR) is 174 cm³/mol. The van der Waals surface area contributed by atoms with Crippen LogP contribution in [0.5, 0.6) is 0 Å². The van der Waals surface area contributed by atoms with Gasteiger partial charge in [0.25, 0.3) is 17.5 Å². The number of nitrogens with one attached hydrogen (secondary N) is 3. The molecule has 0 fully saturated rings. The number of carbonyl (C=O) groups excluding carboxylic acids is 3. The minimum atomic E-state index is -0.670. The smallest absolute Gasteiger partial charge is 0.276 e. The first-order chi connectivity index (χ1) is 21.3. The maximum Gasteiger partial charge on any atom is 0.276 e. The van der Waals surface area contributed by atoms with Crippen molar-refractivity contribution < 1.29 is 19.3 Å². The van der Waals surface area contributed by atoms with E-state index in [4.69, 9.17) is 0 Å². The second kappa shape index (κ2) is 13.8. The summed E-state index contributed by atoms with van der Waals surface area (Å²) in [5, 5.41) is 19.8. The number of amides is 3. The molecule has 12 heteroatoms. The van der Waals surface area contributed by atoms with Gasteiger partial charge in [0, 0.05) is 22.2 Å². The maximum atomic E-state index is 13.3. The van der Waals surface area contributed by atoms with Crippen LogP contribution in [0.15, 0.2) is 114 Å². The van der Waals surface area contributed by atoms with Crippen LogP contribution in [0.25, 0.3) is 16.3 Å². The Bertz CT molecular complexity index is 1840. The fourth-order valence-electron chi connectivity index (χ4n) is 4.08. The van der Waals surface area contributed by atoms with Crippen molar-refractivity contribution in [3.8, 4) is 0 Å². The zero-order chi connectivity index (χ0) is 31.1. The van der Waals surface area contributed by atoms with Crippen molar-refractivity contribution in [1.29, 1.82) is 0 Å². The van der Waals surface area contributed by atoms with Crippen molar-refractivity contribution in [3.63, 3.8) is 0 Å². The van der Waals surface area contributed by atoms with Gasteiger partial charge < -0.3 is 16.0 Å². The largest absolute Gasteiger partial charge is 0.321 e. The van der Waals surface area contributed by atoms with Gasteiger partial charge in [-0.05, 0) is 67.6 Å². The molecule has 0 bridgehead atoms. The van der Waals surface area contributed by atoms with E-state index in [1.165, 1.54) is 47.4 Å². The second-order valence-electron chi connectivity index (χ2n) is 9.41. The Morgan fingerprint density at radius 2 is 1.57 bits per heavy atom. The lowest BCUT2D eigenvalue weighted by Crippen LogP contribution is -2.30. The molecule has 3 N–H and O–H groups in total. The predicted octanol–water partition coefficient (Wildman–Crippen LogP) is 6.73. The summed E-state index contributed by atoms with van der Waals surface area (Å²) in [6.07, 6.45) is 1.27. The van der Waals surface area contributed by atoms with Gasteiger partial charge in [-0.2, -0.15) is 0 Å². The van der Waals surface area contributed by atoms with E-state index in [9.17, 15) is 24.5 Å². The molecule has 4 aromatic carbocycles. The normalized spacial score (nSPS) is 11.9. The Hall–Kier alpha value is -5.33. The van der Waals surface area contributed by atoms with Gasteiger partial charge in [-0.3, -0.25) is 24.5 Å². The molecule has 44 heavy (non-hydrogen) atoms. The van der Waals surface area contributed by atoms with E-state index in [0.717, 1.165) is 15.1 Å². The molecule has 220 valence electrons. The SMILES string of the molecule is CC(Sc1ccc(NC(=O)/C(=C/c2ccccc2[N+](=O)[O-])NC(=O)c2ccccc2)cc1)C(=O)Nc1nc2ccccc2s1. The van der Waals surface area contributed by atoms with Gasteiger partial charge in [0.15, 0.2) is 5.13 Å². The summed E-state index contributed by atoms with van der Waals surface area (Å²) in [4.78, 5) is 55.2. The summed E-state index contributed by atoms with van der Waals surface area (Å²) in [7, 11) is 0. The molecule has 0 aliphatic rings. The van der Waals surface area contributed by atoms with Crippen LogP contribution in [0.1, 0.15) is 22.8 Å². The number of fused-ring (bicyclic) bond motifs is 1. The van der Waals surface area contributed by atoms with E-state index >= 15 is 0 Å². The first-order valence-electron chi connectivity index (χ1n) is 13.3. The van der Waals surface area contributed by atoms with Crippen LogP contribution in [0.3, 0.4) is 0 Å². The molecule has 10 nitrogen and oxygen atoms in total. The second-order valence-corrected chi connectivity index (χ2v) is 11.9. The minimum absolute atomic E-state index is 0.154. The van der Waals surface area contributed by atoms with Crippen molar-refractivity contribution in [1.82, 2.24) is 10.3 Å². The number of aromatic nitrogens is 1. The van der Waals surface area contributed by atoms with Crippen molar-refractivity contribution in [2.75, 3.05) is 10.6 Å². The highest BCUT2D eigenvalue weighted by atomic mass is 32.2. The average Bonchev–Trinajstić information content (AvgIpc) is 3.44. The maximum absolute atomic E-state index is 13.3. The summed E-state index contributed by atoms with van der Waals surface area (Å²) >= 11 is 2.75. The summed E-state index contributed by atoms with van der Waals surface area (Å²) in [5.74, 6) is -1.41. The number of nitrogens with zero attached hydrogens (tertiary/aromatic N) is 2. The number of hydrogen-bond acceptors (Lipinski definition) is 8. The van der Waals surface area contributed by atoms with Crippen LogP contribution in [-0.4, -0.2) is 32.9 Å². The molecule has 1 unspecified atom stereocenters. The monoisotopic (exact) mass is 623 g/mol. The average molecular weight is 624 g/mol. The number of hydrogen-bond donors (Lipinski definition) is 3. The lowest BCUT2D eigenvalue weighted by Gasteiger charge is -2.13. The lowest BCUT2D eigenvalue weighted by atomic mass is 10.1. The van der Waals surface area contributed by atoms with Gasteiger partial charge >= 0.3 is 0 Å². The lowest BCUT2D eigenvalue weighted by molar-refractivity contribution is -0.385. The van der Waals surface area contributed by atoms with Crippen molar-refractivity contribution in [2.24, 2.45) is 0 Å². The van der Waals surface area contributed by atoms with Crippen molar-refractivity contribution >= 4 is 73.6 Å². The number of nitro groups is 1. The zero-order valence-electron chi connectivity index (χ0n) is 23.2. The molecule has 3 amide bonds. The molecule has 0 saturated carbocycles. The van der Waals surface area contributed by atoms with Crippen LogP contribution in [0.2, 0.25) is 0 Å². The zero-order valence-corrected chi connectivity index (χ0v) is 24.9. The molecule has 5 aromatic rings. The Morgan fingerprint density at radius 1 is 0.886 bits per heavy atom. The highest BCUT2D eigenvalue weighted by Crippen LogP contribution is 2.29. The number of carbonyl (C=O) groups is 3. The van der Waals surface area contributed by atoms with E-state index in [0.29, 0.717) is 16.4 Å². The van der Waals surface area contributed by atoms with Gasteiger partial charge in [0.05, 0.1) is 26.0 Å². The van der Waals surface area contributed by atoms with Crippen molar-refractivity contribution in [2.45, 2.75) is 17.1 Å². The summed E-state index contributed by atoms with van der Waals surface area (Å²) in [6, 6.07) is 28.7. The molecular formula is C32H25N5O5S2. The first-order valence-corrected chi connectivity index (χ1v) is 15.0. The third kappa shape index (κ3) is 7.54. The van der Waals surface area contributed by atoms with E-state index in [1.807, 2.05) is 24.3 Å². The number of anilines is 2. The van der Waals surface area contributed by atoms with Crippen LogP contribution in [0.4, 0.5) is 16.5 Å². The number of thiazole rings is 1. The molecule has 0 saturated heterocycles. The quantitative estimate of drug-likeness (QED) is 0.0677. The van der Waals surface area contributed by atoms with Crippen LogP contribution >= 0.6 is 23.1 Å². The summed E-state index contributed by atoms with van der Waals surface area (Å²) in [5.41, 5.74) is 1.33. The Labute approximate surface area is 260 Å². The summed E-state index contributed by atoms with van der Waals surface area (Å²) in [6.45, 7) is 1.79. The molecular weight excluding hydrogens is 599 g/mol. The summed E-state index contributed by atoms with van der Waals surface area (Å²) < 4.78 is 0.986. The van der Waals surface area contributed by atoms with Crippen LogP contribution in [0, 0.1) is 10.1 Å². The molecule has 1 heterocycles. The third-order valence-corrected chi connectivity index (χ3v) is 8.34. The Balaban J connectivity index is 1.27. The van der Waals surface area contributed by atoms with E-state index in [1.54, 1.807) is 67.6 Å². The molecule has 1 aromatic heterocycles.